The molecular formula is C8H13BrN2. The van der Waals surface area contributed by atoms with Gasteiger partial charge < -0.3 is 9.88 Å². The van der Waals surface area contributed by atoms with Gasteiger partial charge in [-0.15, -0.1) is 0 Å². The van der Waals surface area contributed by atoms with Gasteiger partial charge in [-0.2, -0.15) is 0 Å². The molecule has 1 atom stereocenters. The van der Waals surface area contributed by atoms with Crippen LogP contribution in [0.5, 0.6) is 0 Å². The summed E-state index contributed by atoms with van der Waals surface area (Å²) >= 11 is 3.45. The molecule has 1 aromatic rings. The molecule has 3 heteroatoms. The van der Waals surface area contributed by atoms with Crippen LogP contribution in [-0.2, 0) is 7.05 Å². The summed E-state index contributed by atoms with van der Waals surface area (Å²) < 4.78 is 3.25. The van der Waals surface area contributed by atoms with Crippen molar-refractivity contribution in [3.63, 3.8) is 0 Å². The molecule has 0 aliphatic heterocycles. The minimum absolute atomic E-state index is 0.409. The van der Waals surface area contributed by atoms with E-state index in [9.17, 15) is 0 Å². The molecule has 62 valence electrons. The normalized spacial score (nSPS) is 13.5. The number of halogens is 1. The van der Waals surface area contributed by atoms with Crippen LogP contribution in [0.4, 0.5) is 0 Å². The average molecular weight is 217 g/mol. The minimum Gasteiger partial charge on any atom is -0.341 e. The van der Waals surface area contributed by atoms with Crippen molar-refractivity contribution in [2.75, 3.05) is 7.05 Å². The van der Waals surface area contributed by atoms with E-state index in [1.54, 1.807) is 0 Å². The summed E-state index contributed by atoms with van der Waals surface area (Å²) in [5.41, 5.74) is 1.29. The summed E-state index contributed by atoms with van der Waals surface area (Å²) in [5.74, 6) is 0. The Morgan fingerprint density at radius 1 is 1.55 bits per heavy atom. The maximum atomic E-state index is 3.45. The maximum absolute atomic E-state index is 3.45. The van der Waals surface area contributed by atoms with E-state index in [-0.39, 0.29) is 0 Å². The van der Waals surface area contributed by atoms with E-state index in [4.69, 9.17) is 0 Å². The zero-order chi connectivity index (χ0) is 8.43. The molecule has 1 N–H and O–H groups in total. The van der Waals surface area contributed by atoms with Crippen LogP contribution in [0.2, 0.25) is 0 Å². The lowest BCUT2D eigenvalue weighted by Gasteiger charge is -2.11. The SMILES string of the molecule is CNC(C)c1ccc(Br)n1C. The maximum Gasteiger partial charge on any atom is 0.0846 e. The number of rotatable bonds is 2. The summed E-state index contributed by atoms with van der Waals surface area (Å²) in [5, 5.41) is 3.19. The van der Waals surface area contributed by atoms with Gasteiger partial charge in [0.1, 0.15) is 0 Å². The first-order chi connectivity index (χ1) is 5.16. The van der Waals surface area contributed by atoms with Gasteiger partial charge in [0.2, 0.25) is 0 Å². The largest absolute Gasteiger partial charge is 0.341 e. The first-order valence-electron chi connectivity index (χ1n) is 3.65. The van der Waals surface area contributed by atoms with E-state index >= 15 is 0 Å². The smallest absolute Gasteiger partial charge is 0.0846 e. The van der Waals surface area contributed by atoms with Crippen LogP contribution in [0.25, 0.3) is 0 Å². The van der Waals surface area contributed by atoms with Crippen LogP contribution in [0.1, 0.15) is 18.7 Å². The molecule has 1 heterocycles. The van der Waals surface area contributed by atoms with Crippen LogP contribution in [0, 0.1) is 0 Å². The number of hydrogen-bond donors (Lipinski definition) is 1. The van der Waals surface area contributed by atoms with Gasteiger partial charge in [0, 0.05) is 18.8 Å². The van der Waals surface area contributed by atoms with Gasteiger partial charge in [-0.1, -0.05) is 0 Å². The van der Waals surface area contributed by atoms with Crippen molar-refractivity contribution < 1.29 is 0 Å². The summed E-state index contributed by atoms with van der Waals surface area (Å²) in [6.45, 7) is 2.14. The summed E-state index contributed by atoms with van der Waals surface area (Å²) in [6, 6.07) is 4.58. The first kappa shape index (κ1) is 8.81. The van der Waals surface area contributed by atoms with Crippen LogP contribution < -0.4 is 5.32 Å². The molecule has 0 amide bonds. The Balaban J connectivity index is 2.94. The van der Waals surface area contributed by atoms with E-state index in [0.717, 1.165) is 4.60 Å². The number of hydrogen-bond acceptors (Lipinski definition) is 1. The van der Waals surface area contributed by atoms with Crippen molar-refractivity contribution in [3.05, 3.63) is 22.4 Å². The molecule has 0 saturated heterocycles. The third-order valence-corrected chi connectivity index (χ3v) is 2.77. The van der Waals surface area contributed by atoms with Gasteiger partial charge in [-0.05, 0) is 42.0 Å². The molecule has 0 fully saturated rings. The summed E-state index contributed by atoms with van der Waals surface area (Å²) in [6.07, 6.45) is 0. The van der Waals surface area contributed by atoms with E-state index in [0.29, 0.717) is 6.04 Å². The molecule has 1 unspecified atom stereocenters. The Hall–Kier alpha value is -0.280. The Morgan fingerprint density at radius 3 is 2.55 bits per heavy atom. The number of nitrogens with one attached hydrogen (secondary N) is 1. The van der Waals surface area contributed by atoms with Crippen molar-refractivity contribution in [1.82, 2.24) is 9.88 Å². The van der Waals surface area contributed by atoms with Gasteiger partial charge in [0.15, 0.2) is 0 Å². The van der Waals surface area contributed by atoms with Gasteiger partial charge in [-0.25, -0.2) is 0 Å². The number of aromatic nitrogens is 1. The van der Waals surface area contributed by atoms with E-state index in [1.807, 2.05) is 14.1 Å². The Bertz CT molecular complexity index is 242. The fourth-order valence-electron chi connectivity index (χ4n) is 1.08. The van der Waals surface area contributed by atoms with Gasteiger partial charge in [-0.3, -0.25) is 0 Å². The fraction of sp³-hybridized carbons (Fsp3) is 0.500. The Morgan fingerprint density at radius 2 is 2.18 bits per heavy atom. The molecule has 0 saturated carbocycles. The van der Waals surface area contributed by atoms with Gasteiger partial charge >= 0.3 is 0 Å². The van der Waals surface area contributed by atoms with Crippen molar-refractivity contribution >= 4 is 15.9 Å². The first-order valence-corrected chi connectivity index (χ1v) is 4.44. The topological polar surface area (TPSA) is 17.0 Å². The lowest BCUT2D eigenvalue weighted by atomic mass is 10.2. The van der Waals surface area contributed by atoms with Gasteiger partial charge in [0.25, 0.3) is 0 Å². The van der Waals surface area contributed by atoms with Crippen LogP contribution in [0.3, 0.4) is 0 Å². The summed E-state index contributed by atoms with van der Waals surface area (Å²) in [7, 11) is 4.01. The molecule has 0 radical (unpaired) electrons. The zero-order valence-electron chi connectivity index (χ0n) is 7.06. The van der Waals surface area contributed by atoms with Crippen molar-refractivity contribution in [2.24, 2.45) is 7.05 Å². The van der Waals surface area contributed by atoms with Crippen molar-refractivity contribution in [3.8, 4) is 0 Å². The van der Waals surface area contributed by atoms with Crippen molar-refractivity contribution in [2.45, 2.75) is 13.0 Å². The molecule has 1 aromatic heterocycles. The second-order valence-corrected chi connectivity index (χ2v) is 3.46. The summed E-state index contributed by atoms with van der Waals surface area (Å²) in [4.78, 5) is 0. The van der Waals surface area contributed by atoms with E-state index < -0.39 is 0 Å². The lowest BCUT2D eigenvalue weighted by Crippen LogP contribution is -2.15. The predicted octanol–water partition coefficient (Wildman–Crippen LogP) is 2.07. The monoisotopic (exact) mass is 216 g/mol. The Kier molecular flexibility index (Phi) is 2.73. The van der Waals surface area contributed by atoms with E-state index in [2.05, 4.69) is 44.9 Å². The molecule has 11 heavy (non-hydrogen) atoms. The van der Waals surface area contributed by atoms with Crippen LogP contribution in [0.15, 0.2) is 16.7 Å². The van der Waals surface area contributed by atoms with Gasteiger partial charge in [0.05, 0.1) is 4.60 Å². The average Bonchev–Trinajstić information content (AvgIpc) is 2.32. The van der Waals surface area contributed by atoms with Crippen LogP contribution in [-0.4, -0.2) is 11.6 Å². The fourth-order valence-corrected chi connectivity index (χ4v) is 1.42. The molecule has 0 bridgehead atoms. The minimum atomic E-state index is 0.409. The highest BCUT2D eigenvalue weighted by atomic mass is 79.9. The zero-order valence-corrected chi connectivity index (χ0v) is 8.64. The molecular weight excluding hydrogens is 204 g/mol. The molecule has 0 aromatic carbocycles. The highest BCUT2D eigenvalue weighted by Crippen LogP contribution is 2.18. The predicted molar refractivity (Wildman–Crippen MR) is 50.6 cm³/mol. The second kappa shape index (κ2) is 3.41. The third kappa shape index (κ3) is 1.65. The highest BCUT2D eigenvalue weighted by molar-refractivity contribution is 9.10. The Labute approximate surface area is 75.7 Å². The number of nitrogens with zero attached hydrogens (tertiary/aromatic N) is 1. The quantitative estimate of drug-likeness (QED) is 0.802. The lowest BCUT2D eigenvalue weighted by molar-refractivity contribution is 0.602. The molecule has 0 spiro atoms. The molecule has 0 aliphatic rings. The molecule has 0 aliphatic carbocycles. The molecule has 1 rings (SSSR count). The third-order valence-electron chi connectivity index (χ3n) is 1.98. The van der Waals surface area contributed by atoms with E-state index in [1.165, 1.54) is 5.69 Å². The molecule has 2 nitrogen and oxygen atoms in total. The highest BCUT2D eigenvalue weighted by Gasteiger charge is 2.07. The van der Waals surface area contributed by atoms with Crippen LogP contribution >= 0.6 is 15.9 Å². The van der Waals surface area contributed by atoms with Crippen molar-refractivity contribution in [1.29, 1.82) is 0 Å². The standard InChI is InChI=1S/C8H13BrN2/c1-6(10-2)7-4-5-8(9)11(7)3/h4-6,10H,1-3H3. The second-order valence-electron chi connectivity index (χ2n) is 2.65.